The molecule has 1 atom stereocenters. The standard InChI is InChI=1S/C12H12F3NO/c1-8(2)11(16-7-17)9-3-5-10(6-4-9)12(13,14)15/h3-6,8,11H,1-2H3/t11-/m0/s1. The molecule has 17 heavy (non-hydrogen) atoms. The average molecular weight is 243 g/mol. The molecule has 0 aliphatic heterocycles. The van der Waals surface area contributed by atoms with Crippen LogP contribution in [0, 0.1) is 5.92 Å². The summed E-state index contributed by atoms with van der Waals surface area (Å²) >= 11 is 0. The molecule has 0 aromatic heterocycles. The molecule has 1 aromatic rings. The van der Waals surface area contributed by atoms with Gasteiger partial charge in [0.05, 0.1) is 11.6 Å². The van der Waals surface area contributed by atoms with Crippen molar-refractivity contribution in [3.05, 3.63) is 35.4 Å². The van der Waals surface area contributed by atoms with Crippen LogP contribution in [0.5, 0.6) is 0 Å². The highest BCUT2D eigenvalue weighted by atomic mass is 19.4. The third kappa shape index (κ3) is 3.43. The van der Waals surface area contributed by atoms with Gasteiger partial charge in [-0.15, -0.1) is 0 Å². The molecule has 0 fully saturated rings. The molecule has 0 bridgehead atoms. The van der Waals surface area contributed by atoms with Crippen molar-refractivity contribution in [3.63, 3.8) is 0 Å². The van der Waals surface area contributed by atoms with Crippen molar-refractivity contribution < 1.29 is 18.0 Å². The molecule has 0 spiro atoms. The predicted octanol–water partition coefficient (Wildman–Crippen LogP) is 3.74. The summed E-state index contributed by atoms with van der Waals surface area (Å²) in [6, 6.07) is 4.22. The van der Waals surface area contributed by atoms with Gasteiger partial charge in [0.15, 0.2) is 0 Å². The van der Waals surface area contributed by atoms with Crippen LogP contribution in [0.3, 0.4) is 0 Å². The Balaban J connectivity index is 3.04. The van der Waals surface area contributed by atoms with E-state index in [4.69, 9.17) is 0 Å². The van der Waals surface area contributed by atoms with Crippen LogP contribution in [0.1, 0.15) is 31.0 Å². The summed E-state index contributed by atoms with van der Waals surface area (Å²) in [5, 5.41) is 0. The van der Waals surface area contributed by atoms with E-state index in [1.807, 2.05) is 13.8 Å². The van der Waals surface area contributed by atoms with Crippen LogP contribution < -0.4 is 0 Å². The molecule has 0 radical (unpaired) electrons. The number of rotatable bonds is 3. The highest BCUT2D eigenvalue weighted by molar-refractivity contribution is 5.36. The number of carbonyl (C=O) groups excluding carboxylic acids is 1. The largest absolute Gasteiger partial charge is 0.416 e. The average Bonchev–Trinajstić information content (AvgIpc) is 2.24. The summed E-state index contributed by atoms with van der Waals surface area (Å²) in [5.74, 6) is 0.0215. The number of isocyanates is 1. The Kier molecular flexibility index (Phi) is 4.07. The van der Waals surface area contributed by atoms with Crippen molar-refractivity contribution in [1.29, 1.82) is 0 Å². The maximum Gasteiger partial charge on any atom is 0.416 e. The molecule has 0 aliphatic carbocycles. The molecular weight excluding hydrogens is 231 g/mol. The topological polar surface area (TPSA) is 29.4 Å². The first kappa shape index (κ1) is 13.5. The Labute approximate surface area is 97.2 Å². The van der Waals surface area contributed by atoms with Gasteiger partial charge in [0.25, 0.3) is 0 Å². The fourth-order valence-electron chi connectivity index (χ4n) is 1.53. The SMILES string of the molecule is CC(C)[C@H](N=C=O)c1ccc(C(F)(F)F)cc1. The van der Waals surface area contributed by atoms with Gasteiger partial charge >= 0.3 is 6.18 Å². The van der Waals surface area contributed by atoms with Crippen molar-refractivity contribution in [2.24, 2.45) is 10.9 Å². The second kappa shape index (κ2) is 5.15. The van der Waals surface area contributed by atoms with Crippen LogP contribution in [0.15, 0.2) is 29.3 Å². The number of nitrogens with zero attached hydrogens (tertiary/aromatic N) is 1. The second-order valence-corrected chi connectivity index (χ2v) is 4.03. The molecule has 0 saturated heterocycles. The molecule has 0 aliphatic rings. The van der Waals surface area contributed by atoms with E-state index in [1.165, 1.54) is 18.2 Å². The summed E-state index contributed by atoms with van der Waals surface area (Å²) in [6.45, 7) is 3.67. The van der Waals surface area contributed by atoms with Gasteiger partial charge in [-0.3, -0.25) is 0 Å². The minimum atomic E-state index is -4.35. The molecule has 0 saturated carbocycles. The van der Waals surface area contributed by atoms with Crippen LogP contribution in [-0.4, -0.2) is 6.08 Å². The fraction of sp³-hybridized carbons (Fsp3) is 0.417. The van der Waals surface area contributed by atoms with E-state index in [9.17, 15) is 18.0 Å². The van der Waals surface area contributed by atoms with Crippen LogP contribution in [0.25, 0.3) is 0 Å². The van der Waals surface area contributed by atoms with Crippen LogP contribution >= 0.6 is 0 Å². The third-order valence-corrected chi connectivity index (χ3v) is 2.40. The highest BCUT2D eigenvalue weighted by Gasteiger charge is 2.30. The van der Waals surface area contributed by atoms with Crippen LogP contribution in [0.4, 0.5) is 13.2 Å². The Morgan fingerprint density at radius 2 is 1.71 bits per heavy atom. The molecular formula is C12H12F3NO. The van der Waals surface area contributed by atoms with Gasteiger partial charge in [-0.2, -0.15) is 18.2 Å². The Morgan fingerprint density at radius 3 is 2.06 bits per heavy atom. The van der Waals surface area contributed by atoms with Gasteiger partial charge in [-0.1, -0.05) is 26.0 Å². The molecule has 92 valence electrons. The number of benzene rings is 1. The monoisotopic (exact) mass is 243 g/mol. The maximum absolute atomic E-state index is 12.3. The lowest BCUT2D eigenvalue weighted by Crippen LogP contribution is -2.07. The predicted molar refractivity (Wildman–Crippen MR) is 57.1 cm³/mol. The van der Waals surface area contributed by atoms with E-state index in [-0.39, 0.29) is 5.92 Å². The molecule has 1 aromatic carbocycles. The minimum Gasteiger partial charge on any atom is -0.211 e. The number of alkyl halides is 3. The van der Waals surface area contributed by atoms with Gasteiger partial charge in [-0.05, 0) is 23.6 Å². The smallest absolute Gasteiger partial charge is 0.211 e. The van der Waals surface area contributed by atoms with Crippen molar-refractivity contribution in [1.82, 2.24) is 0 Å². The van der Waals surface area contributed by atoms with Crippen molar-refractivity contribution in [3.8, 4) is 0 Å². The van der Waals surface area contributed by atoms with Gasteiger partial charge in [-0.25, -0.2) is 4.79 Å². The summed E-state index contributed by atoms with van der Waals surface area (Å²) in [5.41, 5.74) is -0.129. The van der Waals surface area contributed by atoms with Crippen molar-refractivity contribution >= 4 is 6.08 Å². The van der Waals surface area contributed by atoms with Gasteiger partial charge in [0, 0.05) is 0 Å². The Bertz CT molecular complexity index is 416. The lowest BCUT2D eigenvalue weighted by molar-refractivity contribution is -0.137. The molecule has 0 amide bonds. The zero-order valence-electron chi connectivity index (χ0n) is 9.45. The number of hydrogen-bond donors (Lipinski definition) is 0. The van der Waals surface area contributed by atoms with E-state index in [0.717, 1.165) is 12.1 Å². The first-order valence-electron chi connectivity index (χ1n) is 5.10. The summed E-state index contributed by atoms with van der Waals surface area (Å²) in [6.07, 6.45) is -2.90. The molecule has 0 N–H and O–H groups in total. The van der Waals surface area contributed by atoms with E-state index in [1.54, 1.807) is 0 Å². The van der Waals surface area contributed by atoms with Crippen LogP contribution in [-0.2, 0) is 11.0 Å². The van der Waals surface area contributed by atoms with Gasteiger partial charge < -0.3 is 0 Å². The molecule has 5 heteroatoms. The van der Waals surface area contributed by atoms with Gasteiger partial charge in [0.1, 0.15) is 0 Å². The summed E-state index contributed by atoms with van der Waals surface area (Å²) in [7, 11) is 0. The van der Waals surface area contributed by atoms with E-state index in [0.29, 0.717) is 5.56 Å². The van der Waals surface area contributed by atoms with E-state index >= 15 is 0 Å². The molecule has 2 nitrogen and oxygen atoms in total. The van der Waals surface area contributed by atoms with Gasteiger partial charge in [0.2, 0.25) is 6.08 Å². The normalized spacial score (nSPS) is 13.3. The molecule has 1 rings (SSSR count). The first-order valence-corrected chi connectivity index (χ1v) is 5.10. The summed E-state index contributed by atoms with van der Waals surface area (Å²) < 4.78 is 37.0. The number of halogens is 3. The quantitative estimate of drug-likeness (QED) is 0.587. The third-order valence-electron chi connectivity index (χ3n) is 2.40. The fourth-order valence-corrected chi connectivity index (χ4v) is 1.53. The zero-order valence-corrected chi connectivity index (χ0v) is 9.45. The highest BCUT2D eigenvalue weighted by Crippen LogP contribution is 2.31. The van der Waals surface area contributed by atoms with Crippen molar-refractivity contribution in [2.75, 3.05) is 0 Å². The van der Waals surface area contributed by atoms with Crippen molar-refractivity contribution in [2.45, 2.75) is 26.1 Å². The zero-order chi connectivity index (χ0) is 13.1. The Morgan fingerprint density at radius 1 is 1.18 bits per heavy atom. The molecule has 0 heterocycles. The lowest BCUT2D eigenvalue weighted by atomic mass is 9.96. The molecule has 0 unspecified atom stereocenters. The summed E-state index contributed by atoms with van der Waals surface area (Å²) in [4.78, 5) is 13.8. The second-order valence-electron chi connectivity index (χ2n) is 4.03. The maximum atomic E-state index is 12.3. The number of hydrogen-bond acceptors (Lipinski definition) is 2. The Hall–Kier alpha value is -1.61. The lowest BCUT2D eigenvalue weighted by Gasteiger charge is -2.15. The van der Waals surface area contributed by atoms with Crippen LogP contribution in [0.2, 0.25) is 0 Å². The number of aliphatic imine (C=N–C) groups is 1. The minimum absolute atomic E-state index is 0.0215. The van der Waals surface area contributed by atoms with E-state index in [2.05, 4.69) is 4.99 Å². The first-order chi connectivity index (χ1) is 7.86. The van der Waals surface area contributed by atoms with E-state index < -0.39 is 17.8 Å².